The Kier molecular flexibility index (Phi) is 6.49. The van der Waals surface area contributed by atoms with Crippen LogP contribution in [0.15, 0.2) is 18.3 Å². The van der Waals surface area contributed by atoms with Gasteiger partial charge in [0.2, 0.25) is 0 Å². The summed E-state index contributed by atoms with van der Waals surface area (Å²) in [6.45, 7) is 3.35. The molecule has 0 radical (unpaired) electrons. The Morgan fingerprint density at radius 2 is 1.89 bits per heavy atom. The van der Waals surface area contributed by atoms with Crippen molar-refractivity contribution in [3.63, 3.8) is 0 Å². The molecule has 0 spiro atoms. The standard InChI is InChI=1S/C19H29N5O3/c1-27-18(25)15-3-5-16(6-4-15)22-19(26)24-10-8-23(9-11-24)17-7-2-14(12-20)13-21-17/h2,7,13,15-16H,3-6,8-12,20H2,1H3,(H,22,26). The SMILES string of the molecule is COC(=O)C1CCC(NC(=O)N2CCN(c3ccc(CN)cn3)CC2)CC1. The third-order valence-electron chi connectivity index (χ3n) is 5.53. The topological polar surface area (TPSA) is 101 Å². The van der Waals surface area contributed by atoms with Crippen LogP contribution in [-0.4, -0.2) is 61.2 Å². The minimum absolute atomic E-state index is 0.0115. The first-order valence-corrected chi connectivity index (χ1v) is 9.64. The molecule has 8 heteroatoms. The normalized spacial score (nSPS) is 23.0. The zero-order chi connectivity index (χ0) is 19.2. The third-order valence-corrected chi connectivity index (χ3v) is 5.53. The van der Waals surface area contributed by atoms with Crippen molar-refractivity contribution >= 4 is 17.8 Å². The highest BCUT2D eigenvalue weighted by molar-refractivity contribution is 5.75. The molecule has 2 amide bonds. The van der Waals surface area contributed by atoms with E-state index in [-0.39, 0.29) is 24.0 Å². The number of carbonyl (C=O) groups is 2. The van der Waals surface area contributed by atoms with Gasteiger partial charge in [-0.15, -0.1) is 0 Å². The Morgan fingerprint density at radius 3 is 2.44 bits per heavy atom. The average molecular weight is 375 g/mol. The molecule has 1 aromatic heterocycles. The van der Waals surface area contributed by atoms with Crippen LogP contribution in [0.3, 0.4) is 0 Å². The van der Waals surface area contributed by atoms with Gasteiger partial charge in [0.1, 0.15) is 5.82 Å². The number of esters is 1. The lowest BCUT2D eigenvalue weighted by Crippen LogP contribution is -2.54. The molecule has 1 aromatic rings. The fourth-order valence-electron chi connectivity index (χ4n) is 3.77. The lowest BCUT2D eigenvalue weighted by atomic mass is 9.86. The van der Waals surface area contributed by atoms with Crippen LogP contribution in [0.4, 0.5) is 10.6 Å². The molecule has 0 atom stereocenters. The summed E-state index contributed by atoms with van der Waals surface area (Å²) in [6.07, 6.45) is 5.00. The molecule has 1 aliphatic heterocycles. The van der Waals surface area contributed by atoms with Crippen molar-refractivity contribution in [2.24, 2.45) is 11.7 Å². The largest absolute Gasteiger partial charge is 0.469 e. The highest BCUT2D eigenvalue weighted by atomic mass is 16.5. The molecule has 0 aromatic carbocycles. The summed E-state index contributed by atoms with van der Waals surface area (Å²) in [5, 5.41) is 3.12. The molecule has 0 bridgehead atoms. The maximum absolute atomic E-state index is 12.5. The third kappa shape index (κ3) is 4.88. The highest BCUT2D eigenvalue weighted by Crippen LogP contribution is 2.25. The number of aromatic nitrogens is 1. The Morgan fingerprint density at radius 1 is 1.19 bits per heavy atom. The van der Waals surface area contributed by atoms with E-state index in [1.807, 2.05) is 17.0 Å². The van der Waals surface area contributed by atoms with Crippen LogP contribution >= 0.6 is 0 Å². The van der Waals surface area contributed by atoms with Gasteiger partial charge in [-0.05, 0) is 37.3 Å². The first-order valence-electron chi connectivity index (χ1n) is 9.64. The minimum Gasteiger partial charge on any atom is -0.469 e. The van der Waals surface area contributed by atoms with Crippen LogP contribution in [-0.2, 0) is 16.1 Å². The lowest BCUT2D eigenvalue weighted by molar-refractivity contribution is -0.146. The van der Waals surface area contributed by atoms with E-state index in [4.69, 9.17) is 10.5 Å². The fourth-order valence-corrected chi connectivity index (χ4v) is 3.77. The molecule has 1 saturated carbocycles. The van der Waals surface area contributed by atoms with Crippen molar-refractivity contribution in [2.75, 3.05) is 38.2 Å². The van der Waals surface area contributed by atoms with Crippen molar-refractivity contribution in [1.82, 2.24) is 15.2 Å². The van der Waals surface area contributed by atoms with Gasteiger partial charge in [-0.2, -0.15) is 0 Å². The zero-order valence-corrected chi connectivity index (χ0v) is 15.9. The van der Waals surface area contributed by atoms with E-state index >= 15 is 0 Å². The smallest absolute Gasteiger partial charge is 0.317 e. The van der Waals surface area contributed by atoms with Crippen molar-refractivity contribution in [2.45, 2.75) is 38.3 Å². The summed E-state index contributed by atoms with van der Waals surface area (Å²) in [5.41, 5.74) is 6.62. The van der Waals surface area contributed by atoms with Gasteiger partial charge in [0, 0.05) is 45.0 Å². The number of rotatable bonds is 4. The number of anilines is 1. The van der Waals surface area contributed by atoms with E-state index in [1.54, 1.807) is 6.20 Å². The molecule has 1 aliphatic carbocycles. The molecule has 1 saturated heterocycles. The van der Waals surface area contributed by atoms with Crippen LogP contribution in [0.2, 0.25) is 0 Å². The number of nitrogens with zero attached hydrogens (tertiary/aromatic N) is 3. The van der Waals surface area contributed by atoms with E-state index in [1.165, 1.54) is 7.11 Å². The van der Waals surface area contributed by atoms with E-state index in [2.05, 4.69) is 15.2 Å². The number of amides is 2. The van der Waals surface area contributed by atoms with Crippen LogP contribution < -0.4 is 16.0 Å². The Bertz CT molecular complexity index is 635. The summed E-state index contributed by atoms with van der Waals surface area (Å²) in [6, 6.07) is 4.11. The average Bonchev–Trinajstić information content (AvgIpc) is 2.74. The maximum atomic E-state index is 12.5. The molecule has 2 heterocycles. The van der Waals surface area contributed by atoms with Gasteiger partial charge in [-0.1, -0.05) is 6.07 Å². The molecule has 2 fully saturated rings. The van der Waals surface area contributed by atoms with E-state index in [9.17, 15) is 9.59 Å². The molecule has 8 nitrogen and oxygen atoms in total. The number of nitrogens with two attached hydrogens (primary N) is 1. The van der Waals surface area contributed by atoms with Crippen molar-refractivity contribution < 1.29 is 14.3 Å². The van der Waals surface area contributed by atoms with E-state index in [0.717, 1.165) is 50.2 Å². The van der Waals surface area contributed by atoms with E-state index in [0.29, 0.717) is 19.6 Å². The number of hydrogen-bond acceptors (Lipinski definition) is 6. The first-order chi connectivity index (χ1) is 13.1. The van der Waals surface area contributed by atoms with Gasteiger partial charge < -0.3 is 25.6 Å². The Hall–Kier alpha value is -2.35. The highest BCUT2D eigenvalue weighted by Gasteiger charge is 2.29. The maximum Gasteiger partial charge on any atom is 0.317 e. The van der Waals surface area contributed by atoms with Crippen LogP contribution in [0.5, 0.6) is 0 Å². The predicted molar refractivity (Wildman–Crippen MR) is 102 cm³/mol. The van der Waals surface area contributed by atoms with Crippen LogP contribution in [0.1, 0.15) is 31.2 Å². The second-order valence-corrected chi connectivity index (χ2v) is 7.22. The summed E-state index contributed by atoms with van der Waals surface area (Å²) in [5.74, 6) is 0.766. The van der Waals surface area contributed by atoms with Gasteiger partial charge in [0.25, 0.3) is 0 Å². The van der Waals surface area contributed by atoms with Crippen molar-refractivity contribution in [1.29, 1.82) is 0 Å². The van der Waals surface area contributed by atoms with Gasteiger partial charge in [-0.25, -0.2) is 9.78 Å². The number of urea groups is 1. The number of hydrogen-bond donors (Lipinski definition) is 2. The van der Waals surface area contributed by atoms with Gasteiger partial charge in [-0.3, -0.25) is 4.79 Å². The van der Waals surface area contributed by atoms with Gasteiger partial charge in [0.15, 0.2) is 0 Å². The summed E-state index contributed by atoms with van der Waals surface area (Å²) < 4.78 is 4.81. The van der Waals surface area contributed by atoms with Crippen LogP contribution in [0, 0.1) is 5.92 Å². The van der Waals surface area contributed by atoms with Crippen LogP contribution in [0.25, 0.3) is 0 Å². The number of pyridine rings is 1. The zero-order valence-electron chi connectivity index (χ0n) is 15.9. The second-order valence-electron chi connectivity index (χ2n) is 7.22. The Balaban J connectivity index is 1.43. The summed E-state index contributed by atoms with van der Waals surface area (Å²) >= 11 is 0. The van der Waals surface area contributed by atoms with Gasteiger partial charge >= 0.3 is 12.0 Å². The molecule has 148 valence electrons. The molecule has 2 aliphatic rings. The molecule has 0 unspecified atom stereocenters. The fraction of sp³-hybridized carbons (Fsp3) is 0.632. The first kappa shape index (κ1) is 19.4. The van der Waals surface area contributed by atoms with Crippen molar-refractivity contribution in [3.05, 3.63) is 23.9 Å². The van der Waals surface area contributed by atoms with Gasteiger partial charge in [0.05, 0.1) is 13.0 Å². The molecule has 27 heavy (non-hydrogen) atoms. The Labute approximate surface area is 160 Å². The molecule has 3 rings (SSSR count). The molecular formula is C19H29N5O3. The van der Waals surface area contributed by atoms with Crippen molar-refractivity contribution in [3.8, 4) is 0 Å². The number of methoxy groups -OCH3 is 1. The molecule has 3 N–H and O–H groups in total. The lowest BCUT2D eigenvalue weighted by Gasteiger charge is -2.37. The summed E-state index contributed by atoms with van der Waals surface area (Å²) in [7, 11) is 1.43. The number of nitrogens with one attached hydrogen (secondary N) is 1. The van der Waals surface area contributed by atoms with E-state index < -0.39 is 0 Å². The minimum atomic E-state index is -0.135. The number of ether oxygens (including phenoxy) is 1. The second kappa shape index (κ2) is 9.03. The number of piperazine rings is 1. The predicted octanol–water partition coefficient (Wildman–Crippen LogP) is 1.10. The summed E-state index contributed by atoms with van der Waals surface area (Å²) in [4.78, 5) is 32.6. The monoisotopic (exact) mass is 375 g/mol. The molecular weight excluding hydrogens is 346 g/mol. The number of carbonyl (C=O) groups excluding carboxylic acids is 2. The quantitative estimate of drug-likeness (QED) is 0.765.